The number of esters is 8. The normalized spacial score (nSPS) is 34.6. The van der Waals surface area contributed by atoms with Crippen LogP contribution in [-0.2, 0) is 85.7 Å². The number of halogens is 23. The minimum absolute atomic E-state index is 0.493. The molecule has 10 atom stereocenters. The van der Waals surface area contributed by atoms with Crippen LogP contribution in [0.2, 0.25) is 0 Å². The molecule has 18 nitrogen and oxygen atoms in total. The molecule has 0 aromatic heterocycles. The number of hydrogen-bond donors (Lipinski definition) is 0. The largest absolute Gasteiger partial charge is 0.523 e. The van der Waals surface area contributed by atoms with E-state index < -0.39 is 169 Å². The lowest BCUT2D eigenvalue weighted by atomic mass is 9.84. The van der Waals surface area contributed by atoms with Crippen LogP contribution >= 0.6 is 0 Å². The van der Waals surface area contributed by atoms with Gasteiger partial charge in [0, 0.05) is 0 Å². The number of rotatable bonds is 10. The van der Waals surface area contributed by atoms with Crippen LogP contribution in [0.15, 0.2) is 0 Å². The number of carbonyl (C=O) groups is 8. The van der Waals surface area contributed by atoms with Crippen molar-refractivity contribution in [3.63, 3.8) is 0 Å². The van der Waals surface area contributed by atoms with E-state index in [4.69, 9.17) is 0 Å². The van der Waals surface area contributed by atoms with Gasteiger partial charge >= 0.3 is 102 Å². The van der Waals surface area contributed by atoms with Crippen LogP contribution in [0.25, 0.3) is 0 Å². The molecule has 0 radical (unpaired) electrons. The SMILES string of the molecule is CC1C2(OC(F)(F)C1(F)F)C(=O)OC(=O)C2F.O=C1OC(=O)C(OC(F)(F)C(F)(F)COC(F)(F)C(F)(F)OC2C(=O)OC(=O)[C@H]2F)C1F.O=C1OC(=O)C2(OC(F)(F)C(F)(F)C2OC(F)(F)F)C1F. The van der Waals surface area contributed by atoms with Gasteiger partial charge in [0.2, 0.25) is 48.1 Å². The first-order valence-electron chi connectivity index (χ1n) is 16.9. The summed E-state index contributed by atoms with van der Waals surface area (Å²) in [5.41, 5.74) is -7.52. The number of carbonyl (C=O) groups excluding carboxylic acids is 8. The topological polar surface area (TPSA) is 229 Å². The van der Waals surface area contributed by atoms with Gasteiger partial charge in [0.1, 0.15) is 6.61 Å². The van der Waals surface area contributed by atoms with E-state index in [1.165, 1.54) is 0 Å². The fourth-order valence-corrected chi connectivity index (χ4v) is 5.72. The summed E-state index contributed by atoms with van der Waals surface area (Å²) in [4.78, 5) is 87.0. The minimum atomic E-state index is -6.26. The average molecular weight is 1090 g/mol. The Labute approximate surface area is 363 Å². The fraction of sp³-hybridized carbons (Fsp3) is 0.724. The third-order valence-corrected chi connectivity index (χ3v) is 9.32. The van der Waals surface area contributed by atoms with Gasteiger partial charge in [0.15, 0.2) is 6.10 Å². The summed E-state index contributed by atoms with van der Waals surface area (Å²) in [6, 6.07) is 0. The van der Waals surface area contributed by atoms with Crippen molar-refractivity contribution in [2.24, 2.45) is 5.92 Å². The van der Waals surface area contributed by atoms with Crippen molar-refractivity contribution in [1.29, 1.82) is 0 Å². The summed E-state index contributed by atoms with van der Waals surface area (Å²) >= 11 is 0. The Kier molecular flexibility index (Phi) is 14.3. The molecular weight excluding hydrogens is 1070 g/mol. The Bertz CT molecular complexity index is 2120. The molecule has 6 fully saturated rings. The third-order valence-electron chi connectivity index (χ3n) is 9.32. The molecule has 6 heterocycles. The van der Waals surface area contributed by atoms with Crippen LogP contribution in [0.1, 0.15) is 6.92 Å². The highest BCUT2D eigenvalue weighted by Crippen LogP contribution is 2.59. The highest BCUT2D eigenvalue weighted by Gasteiger charge is 2.87. The fourth-order valence-electron chi connectivity index (χ4n) is 5.72. The van der Waals surface area contributed by atoms with Crippen molar-refractivity contribution >= 4 is 47.8 Å². The first kappa shape index (κ1) is 57.3. The zero-order valence-corrected chi connectivity index (χ0v) is 31.9. The number of alkyl halides is 23. The molecule has 9 unspecified atom stereocenters. The predicted molar refractivity (Wildman–Crippen MR) is 147 cm³/mol. The molecule has 2 spiro atoms. The molecule has 0 aromatic rings. The lowest BCUT2D eigenvalue weighted by Gasteiger charge is -2.31. The summed E-state index contributed by atoms with van der Waals surface area (Å²) < 4.78 is 335. The second-order valence-electron chi connectivity index (χ2n) is 13.8. The Morgan fingerprint density at radius 1 is 0.471 bits per heavy atom. The van der Waals surface area contributed by atoms with Gasteiger partial charge in [-0.3, -0.25) is 23.7 Å². The van der Waals surface area contributed by atoms with Crippen molar-refractivity contribution in [3.05, 3.63) is 0 Å². The second kappa shape index (κ2) is 17.5. The minimum Gasteiger partial charge on any atom is -0.389 e. The van der Waals surface area contributed by atoms with E-state index in [1.807, 2.05) is 0 Å². The highest BCUT2D eigenvalue weighted by molar-refractivity contribution is 6.04. The maximum Gasteiger partial charge on any atom is 0.523 e. The molecule has 6 aliphatic heterocycles. The lowest BCUT2D eigenvalue weighted by molar-refractivity contribution is -0.453. The van der Waals surface area contributed by atoms with Crippen LogP contribution in [-0.4, -0.2) is 163 Å². The quantitative estimate of drug-likeness (QED) is 0.132. The molecule has 6 rings (SSSR count). The standard InChI is InChI=1S/C13H6F10O9.C8H2F8O5.C8H5F5O4/c14-2-4(8(26)29-6(2)24)31-11(18,19)10(16,17)1-28-12(20,21)13(22,23)32-5-3(15)7(25)30-9(5)27;9-1-2(17)19-4(18)5(1)3(20-8(14,15)16)6(10,11)7(12,13)21-5;1-2-6(3(9)4(14)16-5(6)15)17-8(12,13)7(2,10)11/h2-5H,1H2;1,3H;2-3H,1H3/t2?,3-,4?,5?;;/m0../s1. The summed E-state index contributed by atoms with van der Waals surface area (Å²) in [5, 5.41) is 0. The van der Waals surface area contributed by atoms with Gasteiger partial charge in [-0.25, -0.2) is 55.9 Å². The molecule has 0 amide bonds. The Balaban J connectivity index is 0.000000242. The summed E-state index contributed by atoms with van der Waals surface area (Å²) in [7, 11) is 0. The van der Waals surface area contributed by atoms with Gasteiger partial charge in [-0.05, 0) is 0 Å². The van der Waals surface area contributed by atoms with Gasteiger partial charge in [0.25, 0.3) is 0 Å². The lowest BCUT2D eigenvalue weighted by Crippen LogP contribution is -2.58. The Hall–Kier alpha value is -5.29. The molecule has 0 saturated carbocycles. The van der Waals surface area contributed by atoms with Crippen molar-refractivity contribution in [2.45, 2.75) is 116 Å². The van der Waals surface area contributed by atoms with Crippen molar-refractivity contribution in [1.82, 2.24) is 0 Å². The first-order valence-corrected chi connectivity index (χ1v) is 16.9. The van der Waals surface area contributed by atoms with Gasteiger partial charge in [-0.15, -0.1) is 13.2 Å². The monoisotopic (exact) mass is 1090 g/mol. The Morgan fingerprint density at radius 3 is 1.17 bits per heavy atom. The highest BCUT2D eigenvalue weighted by atomic mass is 19.4. The average Bonchev–Trinajstić information content (AvgIpc) is 3.84. The van der Waals surface area contributed by atoms with Crippen LogP contribution in [0.4, 0.5) is 101 Å². The van der Waals surface area contributed by atoms with E-state index in [2.05, 4.69) is 47.4 Å². The van der Waals surface area contributed by atoms with E-state index in [1.54, 1.807) is 0 Å². The second-order valence-corrected chi connectivity index (χ2v) is 13.8. The predicted octanol–water partition coefficient (Wildman–Crippen LogP) is 3.38. The van der Waals surface area contributed by atoms with Gasteiger partial charge in [-0.1, -0.05) is 6.92 Å². The molecule has 0 bridgehead atoms. The summed E-state index contributed by atoms with van der Waals surface area (Å²) in [6.45, 7) is -2.82. The molecule has 6 saturated heterocycles. The number of ether oxygens (including phenoxy) is 10. The van der Waals surface area contributed by atoms with Crippen molar-refractivity contribution < 1.29 is 187 Å². The Morgan fingerprint density at radius 2 is 0.843 bits per heavy atom. The smallest absolute Gasteiger partial charge is 0.389 e. The van der Waals surface area contributed by atoms with E-state index in [9.17, 15) is 139 Å². The van der Waals surface area contributed by atoms with Crippen LogP contribution in [0.3, 0.4) is 0 Å². The molecule has 41 heteroatoms. The maximum atomic E-state index is 13.5. The summed E-state index contributed by atoms with van der Waals surface area (Å²) in [6.07, 6.45) is -59.1. The van der Waals surface area contributed by atoms with E-state index in [-0.39, 0.29) is 0 Å². The first-order chi connectivity index (χ1) is 31.2. The summed E-state index contributed by atoms with van der Waals surface area (Å²) in [5.74, 6) is -36.0. The number of hydrogen-bond acceptors (Lipinski definition) is 18. The molecule has 0 N–H and O–H groups in total. The van der Waals surface area contributed by atoms with Gasteiger partial charge in [-0.2, -0.15) is 70.2 Å². The van der Waals surface area contributed by atoms with Crippen LogP contribution in [0.5, 0.6) is 0 Å². The molecule has 398 valence electrons. The molecule has 6 aliphatic rings. The van der Waals surface area contributed by atoms with E-state index >= 15 is 0 Å². The molecule has 70 heavy (non-hydrogen) atoms. The van der Waals surface area contributed by atoms with Crippen LogP contribution in [0, 0.1) is 5.92 Å². The molecular formula is C29H13F23O18. The van der Waals surface area contributed by atoms with Crippen molar-refractivity contribution in [3.8, 4) is 0 Å². The third kappa shape index (κ3) is 9.25. The van der Waals surface area contributed by atoms with Crippen molar-refractivity contribution in [2.75, 3.05) is 6.61 Å². The van der Waals surface area contributed by atoms with Gasteiger partial charge < -0.3 is 23.7 Å². The van der Waals surface area contributed by atoms with E-state index in [0.717, 1.165) is 0 Å². The zero-order chi connectivity index (χ0) is 54.5. The molecule has 0 aliphatic carbocycles. The van der Waals surface area contributed by atoms with Gasteiger partial charge in [0.05, 0.1) is 5.92 Å². The maximum absolute atomic E-state index is 13.5. The van der Waals surface area contributed by atoms with Crippen LogP contribution < -0.4 is 0 Å². The molecule has 0 aromatic carbocycles. The number of cyclic esters (lactones) is 8. The van der Waals surface area contributed by atoms with E-state index in [0.29, 0.717) is 6.92 Å². The zero-order valence-electron chi connectivity index (χ0n) is 31.9.